The number of ketones is 1. The molecular weight excluding hydrogens is 384 g/mol. The number of hydrogen-bond acceptors (Lipinski definition) is 6. The molecular formula is C22H20N4O2S. The standard InChI is InChI=1S/C22H20N4O2S/c1-13-11-17-20(18(27)12-13)21(23-14-7-9-15(28-2)10-8-14)25-26(17)22-24-16-5-3-4-6-19(16)29-22/h3-10,13H,11-12H2,1-2H3,(H,23,25)/t13-/m1/s1. The number of fused-ring (bicyclic) bond motifs is 2. The molecule has 0 unspecified atom stereocenters. The summed E-state index contributed by atoms with van der Waals surface area (Å²) >= 11 is 1.58. The molecule has 7 heteroatoms. The molecule has 6 nitrogen and oxygen atoms in total. The van der Waals surface area contributed by atoms with E-state index >= 15 is 0 Å². The molecule has 4 aromatic rings. The van der Waals surface area contributed by atoms with Crippen LogP contribution in [-0.2, 0) is 6.42 Å². The zero-order chi connectivity index (χ0) is 20.0. The Morgan fingerprint density at radius 1 is 1.14 bits per heavy atom. The van der Waals surface area contributed by atoms with E-state index < -0.39 is 0 Å². The topological polar surface area (TPSA) is 69.0 Å². The summed E-state index contributed by atoms with van der Waals surface area (Å²) in [5, 5.41) is 8.89. The molecule has 0 amide bonds. The number of ether oxygens (including phenoxy) is 1. The second-order valence-electron chi connectivity index (χ2n) is 7.34. The first kappa shape index (κ1) is 17.9. The normalized spacial score (nSPS) is 16.1. The fourth-order valence-corrected chi connectivity index (χ4v) is 4.71. The van der Waals surface area contributed by atoms with Crippen molar-refractivity contribution in [2.45, 2.75) is 19.8 Å². The van der Waals surface area contributed by atoms with Crippen molar-refractivity contribution in [3.8, 4) is 10.9 Å². The van der Waals surface area contributed by atoms with Crippen LogP contribution >= 0.6 is 11.3 Å². The number of nitrogens with zero attached hydrogens (tertiary/aromatic N) is 3. The number of nitrogens with one attached hydrogen (secondary N) is 1. The van der Waals surface area contributed by atoms with Crippen molar-refractivity contribution in [3.63, 3.8) is 0 Å². The summed E-state index contributed by atoms with van der Waals surface area (Å²) in [7, 11) is 1.64. The number of benzene rings is 2. The average molecular weight is 404 g/mol. The van der Waals surface area contributed by atoms with Gasteiger partial charge in [0.05, 0.1) is 28.6 Å². The number of methoxy groups -OCH3 is 1. The fourth-order valence-electron chi connectivity index (χ4n) is 3.76. The van der Waals surface area contributed by atoms with Gasteiger partial charge in [-0.05, 0) is 48.7 Å². The first-order chi connectivity index (χ1) is 14.1. The third-order valence-corrected chi connectivity index (χ3v) is 6.16. The molecule has 1 aliphatic carbocycles. The minimum atomic E-state index is 0.127. The number of hydrogen-bond donors (Lipinski definition) is 1. The quantitative estimate of drug-likeness (QED) is 0.518. The highest BCUT2D eigenvalue weighted by Crippen LogP contribution is 2.35. The number of para-hydroxylation sites is 1. The van der Waals surface area contributed by atoms with Gasteiger partial charge in [0.25, 0.3) is 0 Å². The number of anilines is 2. The third-order valence-electron chi connectivity index (χ3n) is 5.15. The minimum absolute atomic E-state index is 0.127. The Bertz CT molecular complexity index is 1180. The van der Waals surface area contributed by atoms with Gasteiger partial charge in [-0.25, -0.2) is 9.67 Å². The van der Waals surface area contributed by atoms with Crippen LogP contribution in [0.15, 0.2) is 48.5 Å². The summed E-state index contributed by atoms with van der Waals surface area (Å²) in [6.45, 7) is 2.10. The van der Waals surface area contributed by atoms with Crippen LogP contribution in [0.5, 0.6) is 5.75 Å². The van der Waals surface area contributed by atoms with Gasteiger partial charge in [-0.15, -0.1) is 5.10 Å². The van der Waals surface area contributed by atoms with E-state index in [-0.39, 0.29) is 11.7 Å². The lowest BCUT2D eigenvalue weighted by atomic mass is 9.88. The highest BCUT2D eigenvalue weighted by Gasteiger charge is 2.31. The molecule has 29 heavy (non-hydrogen) atoms. The molecule has 2 heterocycles. The van der Waals surface area contributed by atoms with E-state index in [0.29, 0.717) is 17.8 Å². The van der Waals surface area contributed by atoms with Crippen LogP contribution in [-0.4, -0.2) is 27.7 Å². The van der Waals surface area contributed by atoms with Crippen molar-refractivity contribution in [3.05, 3.63) is 59.8 Å². The van der Waals surface area contributed by atoms with Gasteiger partial charge < -0.3 is 10.1 Å². The van der Waals surface area contributed by atoms with Gasteiger partial charge >= 0.3 is 0 Å². The lowest BCUT2D eigenvalue weighted by molar-refractivity contribution is 0.0953. The largest absolute Gasteiger partial charge is 0.497 e. The predicted octanol–water partition coefficient (Wildman–Crippen LogP) is 5.00. The molecule has 5 rings (SSSR count). The Morgan fingerprint density at radius 3 is 2.69 bits per heavy atom. The zero-order valence-corrected chi connectivity index (χ0v) is 17.0. The van der Waals surface area contributed by atoms with Gasteiger partial charge in [0.2, 0.25) is 5.13 Å². The molecule has 0 fully saturated rings. The lowest BCUT2D eigenvalue weighted by Gasteiger charge is -2.18. The smallest absolute Gasteiger partial charge is 0.211 e. The summed E-state index contributed by atoms with van der Waals surface area (Å²) in [4.78, 5) is 17.6. The molecule has 1 aliphatic rings. The van der Waals surface area contributed by atoms with E-state index in [1.807, 2.05) is 47.1 Å². The maximum Gasteiger partial charge on any atom is 0.211 e. The van der Waals surface area contributed by atoms with Crippen LogP contribution < -0.4 is 10.1 Å². The zero-order valence-electron chi connectivity index (χ0n) is 16.2. The van der Waals surface area contributed by atoms with Gasteiger partial charge in [0.15, 0.2) is 11.6 Å². The van der Waals surface area contributed by atoms with Gasteiger partial charge in [0, 0.05) is 12.1 Å². The van der Waals surface area contributed by atoms with Crippen molar-refractivity contribution in [2.24, 2.45) is 5.92 Å². The van der Waals surface area contributed by atoms with Crippen molar-refractivity contribution in [1.29, 1.82) is 0 Å². The summed E-state index contributed by atoms with van der Waals surface area (Å²) in [6.07, 6.45) is 1.34. The highest BCUT2D eigenvalue weighted by molar-refractivity contribution is 7.20. The molecule has 2 aromatic heterocycles. The van der Waals surface area contributed by atoms with Crippen LogP contribution in [0.25, 0.3) is 15.3 Å². The van der Waals surface area contributed by atoms with E-state index in [1.54, 1.807) is 18.4 Å². The molecule has 0 radical (unpaired) electrons. The number of carbonyl (C=O) groups excluding carboxylic acids is 1. The first-order valence-electron chi connectivity index (χ1n) is 9.54. The minimum Gasteiger partial charge on any atom is -0.497 e. The molecule has 1 N–H and O–H groups in total. The second kappa shape index (κ2) is 7.00. The SMILES string of the molecule is COc1ccc(Nc2nn(-c3nc4ccccc4s3)c3c2C(=O)C[C@H](C)C3)cc1. The second-order valence-corrected chi connectivity index (χ2v) is 8.35. The molecule has 146 valence electrons. The Morgan fingerprint density at radius 2 is 1.93 bits per heavy atom. The van der Waals surface area contributed by atoms with E-state index in [4.69, 9.17) is 14.8 Å². The maximum atomic E-state index is 12.9. The molecule has 1 atom stereocenters. The van der Waals surface area contributed by atoms with Crippen LogP contribution in [0.4, 0.5) is 11.5 Å². The number of rotatable bonds is 4. The summed E-state index contributed by atoms with van der Waals surface area (Å²) in [5.41, 5.74) is 3.41. The Hall–Kier alpha value is -3.19. The molecule has 0 spiro atoms. The number of aromatic nitrogens is 3. The number of thiazole rings is 1. The third kappa shape index (κ3) is 3.17. The predicted molar refractivity (Wildman–Crippen MR) is 115 cm³/mol. The van der Waals surface area contributed by atoms with Crippen LogP contribution in [0.1, 0.15) is 29.4 Å². The molecule has 0 aliphatic heterocycles. The van der Waals surface area contributed by atoms with Crippen LogP contribution in [0.2, 0.25) is 0 Å². The van der Waals surface area contributed by atoms with E-state index in [1.165, 1.54) is 0 Å². The van der Waals surface area contributed by atoms with Gasteiger partial charge in [-0.2, -0.15) is 0 Å². The lowest BCUT2D eigenvalue weighted by Crippen LogP contribution is -2.19. The Labute approximate surface area is 172 Å². The highest BCUT2D eigenvalue weighted by atomic mass is 32.1. The van der Waals surface area contributed by atoms with Crippen molar-refractivity contribution < 1.29 is 9.53 Å². The maximum absolute atomic E-state index is 12.9. The van der Waals surface area contributed by atoms with Gasteiger partial charge in [-0.3, -0.25) is 4.79 Å². The molecule has 0 saturated heterocycles. The van der Waals surface area contributed by atoms with Gasteiger partial charge in [-0.1, -0.05) is 30.4 Å². The van der Waals surface area contributed by atoms with E-state index in [9.17, 15) is 4.79 Å². The molecule has 0 saturated carbocycles. The Balaban J connectivity index is 1.61. The average Bonchev–Trinajstić information content (AvgIpc) is 3.30. The van der Waals surface area contributed by atoms with Crippen molar-refractivity contribution in [2.75, 3.05) is 12.4 Å². The summed E-state index contributed by atoms with van der Waals surface area (Å²) < 4.78 is 8.17. The van der Waals surface area contributed by atoms with Crippen LogP contribution in [0.3, 0.4) is 0 Å². The fraction of sp³-hybridized carbons (Fsp3) is 0.227. The van der Waals surface area contributed by atoms with Crippen LogP contribution in [0, 0.1) is 5.92 Å². The number of Topliss-reactive ketones (excluding diaryl/α,β-unsaturated/α-hetero) is 1. The van der Waals surface area contributed by atoms with E-state index in [0.717, 1.165) is 38.9 Å². The Kier molecular flexibility index (Phi) is 4.32. The summed E-state index contributed by atoms with van der Waals surface area (Å²) in [6, 6.07) is 15.6. The monoisotopic (exact) mass is 404 g/mol. The van der Waals surface area contributed by atoms with Crippen molar-refractivity contribution >= 4 is 38.8 Å². The van der Waals surface area contributed by atoms with Gasteiger partial charge in [0.1, 0.15) is 5.75 Å². The first-order valence-corrected chi connectivity index (χ1v) is 10.4. The number of carbonyl (C=O) groups is 1. The molecule has 0 bridgehead atoms. The van der Waals surface area contributed by atoms with Crippen molar-refractivity contribution in [1.82, 2.24) is 14.8 Å². The van der Waals surface area contributed by atoms with E-state index in [2.05, 4.69) is 18.3 Å². The summed E-state index contributed by atoms with van der Waals surface area (Å²) in [5.74, 6) is 1.78. The molecule has 2 aromatic carbocycles.